The molecule has 3 aliphatic carbocycles. The second-order valence-electron chi connectivity index (χ2n) is 9.19. The molecule has 0 aliphatic heterocycles. The van der Waals surface area contributed by atoms with Gasteiger partial charge in [0, 0.05) is 10.8 Å². The molecule has 2 saturated carbocycles. The van der Waals surface area contributed by atoms with Gasteiger partial charge >= 0.3 is 0 Å². The summed E-state index contributed by atoms with van der Waals surface area (Å²) in [5, 5.41) is 19.0. The minimum atomic E-state index is -0.656. The Morgan fingerprint density at radius 1 is 1.15 bits per heavy atom. The summed E-state index contributed by atoms with van der Waals surface area (Å²) in [7, 11) is 0. The molecule has 2 fully saturated rings. The fraction of sp³-hybridized carbons (Fsp3) is 0.636. The van der Waals surface area contributed by atoms with Crippen LogP contribution in [0.5, 0.6) is 0 Å². The predicted octanol–water partition coefficient (Wildman–Crippen LogP) is 4.14. The second-order valence-corrected chi connectivity index (χ2v) is 9.19. The van der Waals surface area contributed by atoms with Gasteiger partial charge in [-0.15, -0.1) is 0 Å². The fourth-order valence-electron chi connectivity index (χ4n) is 6.16. The van der Waals surface area contributed by atoms with Crippen molar-refractivity contribution in [2.45, 2.75) is 53.4 Å². The Kier molecular flexibility index (Phi) is 4.04. The number of nitriles is 2. The minimum absolute atomic E-state index is 0.0166. The number of fused-ring (bicyclic) bond motifs is 3. The molecular formula is C22H26N2O2. The van der Waals surface area contributed by atoms with Gasteiger partial charge in [-0.3, -0.25) is 9.59 Å². The molecule has 0 saturated heterocycles. The highest BCUT2D eigenvalue weighted by Crippen LogP contribution is 2.67. The zero-order chi connectivity index (χ0) is 19.5. The van der Waals surface area contributed by atoms with Crippen LogP contribution in [-0.4, -0.2) is 11.6 Å². The van der Waals surface area contributed by atoms with Gasteiger partial charge in [-0.2, -0.15) is 10.5 Å². The van der Waals surface area contributed by atoms with Gasteiger partial charge in [-0.1, -0.05) is 38.5 Å². The molecule has 4 heteroatoms. The van der Waals surface area contributed by atoms with E-state index in [0.29, 0.717) is 12.8 Å². The zero-order valence-electron chi connectivity index (χ0n) is 16.1. The Balaban J connectivity index is 2.23. The normalized spacial score (nSPS) is 41.2. The van der Waals surface area contributed by atoms with Crippen molar-refractivity contribution >= 4 is 11.6 Å². The Morgan fingerprint density at radius 2 is 1.77 bits per heavy atom. The van der Waals surface area contributed by atoms with Crippen molar-refractivity contribution in [3.05, 3.63) is 23.8 Å². The maximum Gasteiger partial charge on any atom is 0.172 e. The molecule has 26 heavy (non-hydrogen) atoms. The maximum atomic E-state index is 12.8. The molecule has 0 heterocycles. The van der Waals surface area contributed by atoms with E-state index in [4.69, 9.17) is 0 Å². The third-order valence-electron chi connectivity index (χ3n) is 7.52. The lowest BCUT2D eigenvalue weighted by atomic mass is 9.41. The van der Waals surface area contributed by atoms with Crippen LogP contribution < -0.4 is 0 Å². The molecule has 0 aromatic carbocycles. The van der Waals surface area contributed by atoms with Crippen LogP contribution in [0.4, 0.5) is 0 Å². The molecule has 0 aromatic heterocycles. The number of nitrogens with zero attached hydrogens (tertiary/aromatic N) is 2. The smallest absolute Gasteiger partial charge is 0.172 e. The number of allylic oxidation sites excluding steroid dienone is 3. The molecule has 0 bridgehead atoms. The first-order chi connectivity index (χ1) is 12.0. The lowest BCUT2D eigenvalue weighted by molar-refractivity contribution is -0.145. The number of hydrogen-bond acceptors (Lipinski definition) is 4. The van der Waals surface area contributed by atoms with Gasteiger partial charge in [0.15, 0.2) is 11.6 Å². The van der Waals surface area contributed by atoms with Crippen molar-refractivity contribution in [2.75, 3.05) is 0 Å². The van der Waals surface area contributed by atoms with Gasteiger partial charge in [0.05, 0.1) is 12.1 Å². The van der Waals surface area contributed by atoms with E-state index in [1.807, 2.05) is 20.8 Å². The largest absolute Gasteiger partial charge is 0.298 e. The van der Waals surface area contributed by atoms with Crippen LogP contribution >= 0.6 is 0 Å². The van der Waals surface area contributed by atoms with E-state index in [1.54, 1.807) is 6.08 Å². The predicted molar refractivity (Wildman–Crippen MR) is 97.4 cm³/mol. The second kappa shape index (κ2) is 5.65. The van der Waals surface area contributed by atoms with Crippen LogP contribution in [0, 0.1) is 56.7 Å². The van der Waals surface area contributed by atoms with Gasteiger partial charge < -0.3 is 0 Å². The van der Waals surface area contributed by atoms with E-state index < -0.39 is 22.7 Å². The highest BCUT2D eigenvalue weighted by atomic mass is 16.1. The fourth-order valence-corrected chi connectivity index (χ4v) is 6.16. The SMILES string of the molecule is C=C(C)[C@@]12CCC3C(C)(C)C(=O)C(C#N)C[C@]3(C)C1=CC(=O)C(C#N)C2. The summed E-state index contributed by atoms with van der Waals surface area (Å²) in [6.45, 7) is 12.2. The zero-order valence-corrected chi connectivity index (χ0v) is 16.1. The van der Waals surface area contributed by atoms with E-state index in [9.17, 15) is 20.1 Å². The molecule has 3 aliphatic rings. The summed E-state index contributed by atoms with van der Waals surface area (Å²) >= 11 is 0. The van der Waals surface area contributed by atoms with Crippen molar-refractivity contribution < 1.29 is 9.59 Å². The van der Waals surface area contributed by atoms with E-state index in [1.165, 1.54) is 0 Å². The number of ketones is 2. The topological polar surface area (TPSA) is 81.7 Å². The van der Waals surface area contributed by atoms with E-state index in [2.05, 4.69) is 25.6 Å². The molecule has 0 spiro atoms. The molecule has 4 nitrogen and oxygen atoms in total. The van der Waals surface area contributed by atoms with E-state index >= 15 is 0 Å². The van der Waals surface area contributed by atoms with Crippen LogP contribution in [0.25, 0.3) is 0 Å². The molecule has 136 valence electrons. The number of carbonyl (C=O) groups is 2. The third kappa shape index (κ3) is 2.18. The Bertz CT molecular complexity index is 822. The Labute approximate surface area is 155 Å². The molecule has 0 amide bonds. The standard InChI is InChI=1S/C22H26N2O2/c1-13(2)22-7-6-17-20(3,4)19(26)15(12-24)9-21(17,5)18(22)8-16(25)14(10-22)11-23/h8,14-15,17H,1,6-7,9-10H2,2-5H3/t14?,15?,17?,21-,22-/m0/s1. The average Bonchev–Trinajstić information content (AvgIpc) is 2.58. The van der Waals surface area contributed by atoms with Crippen LogP contribution in [0.2, 0.25) is 0 Å². The van der Waals surface area contributed by atoms with Crippen molar-refractivity contribution in [1.29, 1.82) is 10.5 Å². The molecule has 3 rings (SSSR count). The Morgan fingerprint density at radius 3 is 2.31 bits per heavy atom. The van der Waals surface area contributed by atoms with Gasteiger partial charge in [-0.25, -0.2) is 0 Å². The van der Waals surface area contributed by atoms with Gasteiger partial charge in [0.2, 0.25) is 0 Å². The monoisotopic (exact) mass is 350 g/mol. The van der Waals surface area contributed by atoms with Crippen molar-refractivity contribution in [1.82, 2.24) is 0 Å². The molecule has 5 atom stereocenters. The molecule has 0 aromatic rings. The summed E-state index contributed by atoms with van der Waals surface area (Å²) in [6, 6.07) is 4.35. The Hall–Kier alpha value is -2.20. The lowest BCUT2D eigenvalue weighted by Gasteiger charge is -2.61. The number of carbonyl (C=O) groups excluding carboxylic acids is 2. The van der Waals surface area contributed by atoms with Crippen molar-refractivity contribution in [2.24, 2.45) is 34.0 Å². The summed E-state index contributed by atoms with van der Waals surface area (Å²) in [6.07, 6.45) is 4.22. The molecular weight excluding hydrogens is 324 g/mol. The first kappa shape index (κ1) is 18.6. The van der Waals surface area contributed by atoms with Crippen molar-refractivity contribution in [3.63, 3.8) is 0 Å². The average molecular weight is 350 g/mol. The van der Waals surface area contributed by atoms with Crippen LogP contribution in [0.3, 0.4) is 0 Å². The van der Waals surface area contributed by atoms with Gasteiger partial charge in [-0.05, 0) is 50.0 Å². The third-order valence-corrected chi connectivity index (χ3v) is 7.52. The highest BCUT2D eigenvalue weighted by molar-refractivity contribution is 5.96. The summed E-state index contributed by atoms with van der Waals surface area (Å²) < 4.78 is 0. The number of Topliss-reactive ketones (excluding diaryl/α,β-unsaturated/α-hetero) is 1. The van der Waals surface area contributed by atoms with Crippen molar-refractivity contribution in [3.8, 4) is 12.1 Å². The molecule has 0 N–H and O–H groups in total. The summed E-state index contributed by atoms with van der Waals surface area (Å²) in [4.78, 5) is 25.4. The van der Waals surface area contributed by atoms with Gasteiger partial charge in [0.1, 0.15) is 11.8 Å². The lowest BCUT2D eigenvalue weighted by Crippen LogP contribution is -2.58. The van der Waals surface area contributed by atoms with Crippen LogP contribution in [0.15, 0.2) is 23.8 Å². The number of rotatable bonds is 1. The highest BCUT2D eigenvalue weighted by Gasteiger charge is 2.63. The summed E-state index contributed by atoms with van der Waals surface area (Å²) in [5.41, 5.74) is 0.580. The maximum absolute atomic E-state index is 12.8. The van der Waals surface area contributed by atoms with Crippen LogP contribution in [0.1, 0.15) is 53.4 Å². The van der Waals surface area contributed by atoms with E-state index in [-0.39, 0.29) is 22.9 Å². The van der Waals surface area contributed by atoms with Crippen LogP contribution in [-0.2, 0) is 9.59 Å². The quantitative estimate of drug-likeness (QED) is 0.665. The minimum Gasteiger partial charge on any atom is -0.298 e. The first-order valence-corrected chi connectivity index (χ1v) is 9.30. The number of hydrogen-bond donors (Lipinski definition) is 0. The first-order valence-electron chi connectivity index (χ1n) is 9.30. The molecule has 0 radical (unpaired) electrons. The summed E-state index contributed by atoms with van der Waals surface area (Å²) in [5.74, 6) is -1.35. The van der Waals surface area contributed by atoms with E-state index in [0.717, 1.165) is 24.0 Å². The van der Waals surface area contributed by atoms with Gasteiger partial charge in [0.25, 0.3) is 0 Å². The molecule has 3 unspecified atom stereocenters.